The minimum Gasteiger partial charge on any atom is -0.497 e. The molecule has 0 radical (unpaired) electrons. The summed E-state index contributed by atoms with van der Waals surface area (Å²) in [7, 11) is 1.59. The van der Waals surface area contributed by atoms with Crippen LogP contribution in [0.1, 0.15) is 68.4 Å². The van der Waals surface area contributed by atoms with Crippen LogP contribution in [0, 0.1) is 5.41 Å². The highest BCUT2D eigenvalue weighted by Crippen LogP contribution is 2.36. The van der Waals surface area contributed by atoms with Gasteiger partial charge < -0.3 is 14.8 Å². The van der Waals surface area contributed by atoms with Crippen molar-refractivity contribution < 1.29 is 19.1 Å². The van der Waals surface area contributed by atoms with Crippen molar-refractivity contribution in [3.63, 3.8) is 0 Å². The van der Waals surface area contributed by atoms with E-state index in [2.05, 4.69) is 32.2 Å². The predicted octanol–water partition coefficient (Wildman–Crippen LogP) is 5.88. The van der Waals surface area contributed by atoms with Crippen molar-refractivity contribution in [3.05, 3.63) is 65.2 Å². The van der Waals surface area contributed by atoms with E-state index in [9.17, 15) is 9.59 Å². The van der Waals surface area contributed by atoms with Crippen molar-refractivity contribution in [2.75, 3.05) is 19.0 Å². The predicted molar refractivity (Wildman–Crippen MR) is 128 cm³/mol. The van der Waals surface area contributed by atoms with Crippen molar-refractivity contribution >= 4 is 23.5 Å². The van der Waals surface area contributed by atoms with Crippen LogP contribution in [0.4, 0.5) is 5.69 Å². The van der Waals surface area contributed by atoms with Crippen LogP contribution in [-0.4, -0.2) is 31.0 Å². The molecular formula is C27H33NO4. The number of hydrogen-bond donors (Lipinski definition) is 1. The summed E-state index contributed by atoms with van der Waals surface area (Å²) in [5, 5.41) is 2.85. The van der Waals surface area contributed by atoms with Gasteiger partial charge >= 0.3 is 0 Å². The normalized spacial score (nSPS) is 20.2. The Labute approximate surface area is 190 Å². The van der Waals surface area contributed by atoms with Gasteiger partial charge in [-0.15, -0.1) is 0 Å². The zero-order valence-electron chi connectivity index (χ0n) is 19.7. The van der Waals surface area contributed by atoms with Gasteiger partial charge in [0.05, 0.1) is 25.0 Å². The van der Waals surface area contributed by atoms with Crippen LogP contribution in [0.2, 0.25) is 0 Å². The molecule has 2 aromatic rings. The van der Waals surface area contributed by atoms with Crippen LogP contribution in [0.15, 0.2) is 48.5 Å². The minimum absolute atomic E-state index is 0.136. The van der Waals surface area contributed by atoms with E-state index in [1.807, 2.05) is 18.2 Å². The maximum atomic E-state index is 13.3. The monoisotopic (exact) mass is 435 g/mol. The highest BCUT2D eigenvalue weighted by molar-refractivity contribution is 6.14. The summed E-state index contributed by atoms with van der Waals surface area (Å²) in [4.78, 5) is 25.3. The minimum atomic E-state index is -0.329. The number of rotatable bonds is 7. The average molecular weight is 436 g/mol. The lowest BCUT2D eigenvalue weighted by atomic mass is 9.81. The van der Waals surface area contributed by atoms with Crippen molar-refractivity contribution in [2.24, 2.45) is 5.41 Å². The number of carbonyl (C=O) groups excluding carboxylic acids is 2. The molecule has 5 nitrogen and oxygen atoms in total. The van der Waals surface area contributed by atoms with E-state index < -0.39 is 0 Å². The van der Waals surface area contributed by atoms with Crippen LogP contribution >= 0.6 is 0 Å². The number of anilines is 1. The zero-order chi connectivity index (χ0) is 23.4. The molecule has 0 saturated carbocycles. The molecule has 1 N–H and O–H groups in total. The Bertz CT molecular complexity index is 995. The molecule has 1 aliphatic rings. The van der Waals surface area contributed by atoms with Gasteiger partial charge in [-0.1, -0.05) is 39.0 Å². The number of amides is 1. The fraction of sp³-hybridized carbons (Fsp3) is 0.407. The fourth-order valence-electron chi connectivity index (χ4n) is 3.59. The van der Waals surface area contributed by atoms with Crippen molar-refractivity contribution in [2.45, 2.75) is 52.6 Å². The molecule has 1 aliphatic heterocycles. The summed E-state index contributed by atoms with van der Waals surface area (Å²) in [5.74, 6) is 0.389. The Morgan fingerprint density at radius 1 is 1.09 bits per heavy atom. The molecule has 1 saturated heterocycles. The van der Waals surface area contributed by atoms with E-state index in [0.29, 0.717) is 29.0 Å². The van der Waals surface area contributed by atoms with Gasteiger partial charge in [0, 0.05) is 17.5 Å². The molecule has 170 valence electrons. The van der Waals surface area contributed by atoms with E-state index in [1.54, 1.807) is 44.4 Å². The van der Waals surface area contributed by atoms with Gasteiger partial charge in [0.1, 0.15) is 5.75 Å². The summed E-state index contributed by atoms with van der Waals surface area (Å²) >= 11 is 0. The largest absolute Gasteiger partial charge is 0.497 e. The van der Waals surface area contributed by atoms with Crippen LogP contribution < -0.4 is 10.1 Å². The lowest BCUT2D eigenvalue weighted by Crippen LogP contribution is -2.38. The second kappa shape index (κ2) is 9.70. The number of ether oxygens (including phenoxy) is 2. The Kier molecular flexibility index (Phi) is 7.19. The van der Waals surface area contributed by atoms with Crippen molar-refractivity contribution in [1.82, 2.24) is 0 Å². The third-order valence-electron chi connectivity index (χ3n) is 5.95. The van der Waals surface area contributed by atoms with E-state index in [-0.39, 0.29) is 22.7 Å². The maximum absolute atomic E-state index is 13.3. The highest BCUT2D eigenvalue weighted by Gasteiger charge is 2.33. The molecule has 3 rings (SSSR count). The molecule has 1 fully saturated rings. The maximum Gasteiger partial charge on any atom is 0.224 e. The van der Waals surface area contributed by atoms with Gasteiger partial charge in [0.15, 0.2) is 5.78 Å². The van der Waals surface area contributed by atoms with Crippen molar-refractivity contribution in [3.8, 4) is 5.75 Å². The molecule has 0 bridgehead atoms. The van der Waals surface area contributed by atoms with E-state index in [0.717, 1.165) is 25.0 Å². The topological polar surface area (TPSA) is 64.6 Å². The molecule has 1 atom stereocenters. The first kappa shape index (κ1) is 23.7. The Hall–Kier alpha value is -2.92. The molecule has 32 heavy (non-hydrogen) atoms. The second-order valence-electron chi connectivity index (χ2n) is 9.36. The van der Waals surface area contributed by atoms with Gasteiger partial charge in [0.25, 0.3) is 0 Å². The third-order valence-corrected chi connectivity index (χ3v) is 5.95. The third kappa shape index (κ3) is 5.86. The van der Waals surface area contributed by atoms with Crippen LogP contribution in [0.25, 0.3) is 6.08 Å². The smallest absolute Gasteiger partial charge is 0.224 e. The molecule has 0 aromatic heterocycles. The average Bonchev–Trinajstić information content (AvgIpc) is 2.80. The van der Waals surface area contributed by atoms with Crippen LogP contribution in [0.5, 0.6) is 5.75 Å². The Balaban J connectivity index is 1.90. The second-order valence-corrected chi connectivity index (χ2v) is 9.36. The summed E-state index contributed by atoms with van der Waals surface area (Å²) in [6.45, 7) is 9.03. The van der Waals surface area contributed by atoms with Crippen LogP contribution in [-0.2, 0) is 9.53 Å². The number of carbonyl (C=O) groups is 2. The number of methoxy groups -OCH3 is 1. The molecule has 2 aromatic carbocycles. The fourth-order valence-corrected chi connectivity index (χ4v) is 3.59. The summed E-state index contributed by atoms with van der Waals surface area (Å²) < 4.78 is 11.3. The van der Waals surface area contributed by atoms with Crippen molar-refractivity contribution in [1.29, 1.82) is 0 Å². The van der Waals surface area contributed by atoms with Gasteiger partial charge in [0.2, 0.25) is 5.91 Å². The quantitative estimate of drug-likeness (QED) is 0.551. The molecular weight excluding hydrogens is 402 g/mol. The Morgan fingerprint density at radius 2 is 1.81 bits per heavy atom. The number of ketones is 1. The molecule has 1 heterocycles. The van der Waals surface area contributed by atoms with E-state index in [1.165, 1.54) is 0 Å². The highest BCUT2D eigenvalue weighted by atomic mass is 16.5. The SMILES string of the molecule is CCC(=O)Nc1ccc(/C=C/C2(C)CCC(C)(C)CO2)cc1C(=O)c1ccc(OC)cc1. The summed E-state index contributed by atoms with van der Waals surface area (Å²) in [6, 6.07) is 12.5. The number of benzene rings is 2. The Morgan fingerprint density at radius 3 is 2.41 bits per heavy atom. The first-order valence-corrected chi connectivity index (χ1v) is 11.1. The van der Waals surface area contributed by atoms with Gasteiger partial charge in [-0.25, -0.2) is 0 Å². The number of nitrogens with one attached hydrogen (secondary N) is 1. The molecule has 1 amide bonds. The van der Waals surface area contributed by atoms with E-state index >= 15 is 0 Å². The van der Waals surface area contributed by atoms with Gasteiger partial charge in [-0.2, -0.15) is 0 Å². The standard InChI is InChI=1S/C27H33NO4/c1-6-24(29)28-23-12-7-19(13-14-27(4)16-15-26(2,3)18-32-27)17-22(23)25(30)20-8-10-21(31-5)11-9-20/h7-14,17H,6,15-16,18H2,1-5H3,(H,28,29)/b14-13+. The first-order chi connectivity index (χ1) is 15.1. The van der Waals surface area contributed by atoms with Crippen LogP contribution in [0.3, 0.4) is 0 Å². The molecule has 0 aliphatic carbocycles. The number of hydrogen-bond acceptors (Lipinski definition) is 4. The zero-order valence-corrected chi connectivity index (χ0v) is 19.7. The molecule has 5 heteroatoms. The lowest BCUT2D eigenvalue weighted by molar-refractivity contribution is -0.115. The first-order valence-electron chi connectivity index (χ1n) is 11.1. The van der Waals surface area contributed by atoms with Gasteiger partial charge in [-0.3, -0.25) is 9.59 Å². The van der Waals surface area contributed by atoms with Gasteiger partial charge in [-0.05, 0) is 67.1 Å². The molecule has 1 unspecified atom stereocenters. The van der Waals surface area contributed by atoms with E-state index in [4.69, 9.17) is 9.47 Å². The lowest BCUT2D eigenvalue weighted by Gasteiger charge is -2.40. The summed E-state index contributed by atoms with van der Waals surface area (Å²) in [5.41, 5.74) is 2.25. The summed E-state index contributed by atoms with van der Waals surface area (Å²) in [6.07, 6.45) is 6.44. The molecule has 0 spiro atoms.